The average molecular weight is 257 g/mol. The van der Waals surface area contributed by atoms with Crippen molar-refractivity contribution in [3.05, 3.63) is 53.6 Å². The van der Waals surface area contributed by atoms with Crippen LogP contribution in [0.5, 0.6) is 11.5 Å². The second-order valence-electron chi connectivity index (χ2n) is 4.37. The third-order valence-corrected chi connectivity index (χ3v) is 3.12. The molecule has 3 heteroatoms. The quantitative estimate of drug-likeness (QED) is 0.860. The Kier molecular flexibility index (Phi) is 4.29. The fraction of sp³-hybridized carbons (Fsp3) is 0.250. The summed E-state index contributed by atoms with van der Waals surface area (Å²) in [5.41, 5.74) is 3.45. The number of rotatable bonds is 5. The SMILES string of the molecule is CCc1ccccc1NCc1ccc(OC)c(O)c1. The first kappa shape index (κ1) is 13.3. The van der Waals surface area contributed by atoms with E-state index in [-0.39, 0.29) is 5.75 Å². The van der Waals surface area contributed by atoms with Crippen molar-refractivity contribution in [2.75, 3.05) is 12.4 Å². The second kappa shape index (κ2) is 6.14. The molecule has 0 saturated carbocycles. The van der Waals surface area contributed by atoms with Gasteiger partial charge in [-0.2, -0.15) is 0 Å². The van der Waals surface area contributed by atoms with Crippen molar-refractivity contribution in [2.24, 2.45) is 0 Å². The molecule has 19 heavy (non-hydrogen) atoms. The molecule has 0 amide bonds. The van der Waals surface area contributed by atoms with E-state index in [0.717, 1.165) is 17.7 Å². The standard InChI is InChI=1S/C16H19NO2/c1-3-13-6-4-5-7-14(13)17-11-12-8-9-16(19-2)15(18)10-12/h4-10,17-18H,3,11H2,1-2H3. The van der Waals surface area contributed by atoms with Gasteiger partial charge in [0.05, 0.1) is 7.11 Å². The molecule has 0 aromatic heterocycles. The Morgan fingerprint density at radius 1 is 1.16 bits per heavy atom. The number of nitrogens with one attached hydrogen (secondary N) is 1. The molecule has 0 aliphatic rings. The van der Waals surface area contributed by atoms with E-state index in [1.807, 2.05) is 18.2 Å². The summed E-state index contributed by atoms with van der Waals surface area (Å²) in [7, 11) is 1.55. The molecule has 0 atom stereocenters. The van der Waals surface area contributed by atoms with E-state index < -0.39 is 0 Å². The number of para-hydroxylation sites is 1. The van der Waals surface area contributed by atoms with E-state index in [1.54, 1.807) is 19.2 Å². The van der Waals surface area contributed by atoms with Gasteiger partial charge in [0.2, 0.25) is 0 Å². The number of ether oxygens (including phenoxy) is 1. The smallest absolute Gasteiger partial charge is 0.160 e. The van der Waals surface area contributed by atoms with E-state index in [9.17, 15) is 5.11 Å². The number of benzene rings is 2. The minimum Gasteiger partial charge on any atom is -0.504 e. The van der Waals surface area contributed by atoms with Gasteiger partial charge in [0.25, 0.3) is 0 Å². The Labute approximate surface area is 113 Å². The minimum absolute atomic E-state index is 0.172. The Morgan fingerprint density at radius 3 is 2.63 bits per heavy atom. The Hall–Kier alpha value is -2.16. The second-order valence-corrected chi connectivity index (χ2v) is 4.37. The van der Waals surface area contributed by atoms with Gasteiger partial charge in [0.1, 0.15) is 0 Å². The van der Waals surface area contributed by atoms with Crippen molar-refractivity contribution in [3.8, 4) is 11.5 Å². The molecule has 0 fully saturated rings. The van der Waals surface area contributed by atoms with Crippen LogP contribution in [0.2, 0.25) is 0 Å². The van der Waals surface area contributed by atoms with E-state index >= 15 is 0 Å². The lowest BCUT2D eigenvalue weighted by molar-refractivity contribution is 0.373. The summed E-state index contributed by atoms with van der Waals surface area (Å²) in [5, 5.41) is 13.1. The largest absolute Gasteiger partial charge is 0.504 e. The maximum Gasteiger partial charge on any atom is 0.160 e. The van der Waals surface area contributed by atoms with Crippen LogP contribution in [-0.2, 0) is 13.0 Å². The van der Waals surface area contributed by atoms with Gasteiger partial charge < -0.3 is 15.2 Å². The van der Waals surface area contributed by atoms with Crippen LogP contribution in [0.15, 0.2) is 42.5 Å². The number of methoxy groups -OCH3 is 1. The van der Waals surface area contributed by atoms with Crippen LogP contribution in [0.1, 0.15) is 18.1 Å². The third-order valence-electron chi connectivity index (χ3n) is 3.12. The Balaban J connectivity index is 2.08. The summed E-state index contributed by atoms with van der Waals surface area (Å²) in [6, 6.07) is 13.7. The number of aromatic hydroxyl groups is 1. The first-order chi connectivity index (χ1) is 9.24. The van der Waals surface area contributed by atoms with Crippen molar-refractivity contribution < 1.29 is 9.84 Å². The van der Waals surface area contributed by atoms with Crippen LogP contribution < -0.4 is 10.1 Å². The van der Waals surface area contributed by atoms with Gasteiger partial charge in [-0.25, -0.2) is 0 Å². The fourth-order valence-electron chi connectivity index (χ4n) is 2.04. The van der Waals surface area contributed by atoms with Gasteiger partial charge in [-0.15, -0.1) is 0 Å². The van der Waals surface area contributed by atoms with Gasteiger partial charge in [-0.05, 0) is 35.7 Å². The number of phenolic OH excluding ortho intramolecular Hbond substituents is 1. The van der Waals surface area contributed by atoms with Gasteiger partial charge in [-0.3, -0.25) is 0 Å². The van der Waals surface area contributed by atoms with Gasteiger partial charge in [0, 0.05) is 12.2 Å². The zero-order valence-corrected chi connectivity index (χ0v) is 11.3. The van der Waals surface area contributed by atoms with Crippen LogP contribution in [0.4, 0.5) is 5.69 Å². The van der Waals surface area contributed by atoms with Crippen LogP contribution in [-0.4, -0.2) is 12.2 Å². The lowest BCUT2D eigenvalue weighted by Gasteiger charge is -2.11. The average Bonchev–Trinajstić information content (AvgIpc) is 2.45. The summed E-state index contributed by atoms with van der Waals surface area (Å²) in [6.07, 6.45) is 0.997. The highest BCUT2D eigenvalue weighted by Crippen LogP contribution is 2.26. The Bertz CT molecular complexity index is 552. The van der Waals surface area contributed by atoms with Crippen molar-refractivity contribution in [2.45, 2.75) is 19.9 Å². The first-order valence-electron chi connectivity index (χ1n) is 6.42. The molecule has 2 rings (SSSR count). The molecule has 100 valence electrons. The first-order valence-corrected chi connectivity index (χ1v) is 6.42. The van der Waals surface area contributed by atoms with Crippen LogP contribution >= 0.6 is 0 Å². The molecule has 2 aromatic carbocycles. The predicted octanol–water partition coefficient (Wildman–Crippen LogP) is 3.58. The Morgan fingerprint density at radius 2 is 1.95 bits per heavy atom. The molecule has 0 aliphatic carbocycles. The molecular weight excluding hydrogens is 238 g/mol. The fourth-order valence-corrected chi connectivity index (χ4v) is 2.04. The highest BCUT2D eigenvalue weighted by Gasteiger charge is 2.03. The third kappa shape index (κ3) is 3.19. The maximum atomic E-state index is 9.74. The summed E-state index contributed by atoms with van der Waals surface area (Å²) in [6.45, 7) is 2.81. The summed E-state index contributed by atoms with van der Waals surface area (Å²) < 4.78 is 5.03. The molecule has 2 aromatic rings. The molecule has 3 nitrogen and oxygen atoms in total. The van der Waals surface area contributed by atoms with E-state index in [0.29, 0.717) is 12.3 Å². The van der Waals surface area contributed by atoms with Gasteiger partial charge in [0.15, 0.2) is 11.5 Å². The molecule has 0 saturated heterocycles. The van der Waals surface area contributed by atoms with E-state index in [1.165, 1.54) is 5.56 Å². The predicted molar refractivity (Wildman–Crippen MR) is 77.8 cm³/mol. The van der Waals surface area contributed by atoms with Crippen molar-refractivity contribution in [1.29, 1.82) is 0 Å². The molecule has 0 aliphatic heterocycles. The van der Waals surface area contributed by atoms with E-state index in [4.69, 9.17) is 4.74 Å². The van der Waals surface area contributed by atoms with Crippen molar-refractivity contribution in [3.63, 3.8) is 0 Å². The number of phenols is 1. The highest BCUT2D eigenvalue weighted by molar-refractivity contribution is 5.52. The molecule has 0 spiro atoms. The van der Waals surface area contributed by atoms with Gasteiger partial charge in [-0.1, -0.05) is 31.2 Å². The number of hydrogen-bond acceptors (Lipinski definition) is 3. The van der Waals surface area contributed by atoms with Crippen LogP contribution in [0.25, 0.3) is 0 Å². The topological polar surface area (TPSA) is 41.5 Å². The number of hydrogen-bond donors (Lipinski definition) is 2. The molecule has 0 unspecified atom stereocenters. The summed E-state index contributed by atoms with van der Waals surface area (Å²) >= 11 is 0. The van der Waals surface area contributed by atoms with Crippen LogP contribution in [0, 0.1) is 0 Å². The molecular formula is C16H19NO2. The summed E-state index contributed by atoms with van der Waals surface area (Å²) in [5.74, 6) is 0.670. The number of anilines is 1. The summed E-state index contributed by atoms with van der Waals surface area (Å²) in [4.78, 5) is 0. The van der Waals surface area contributed by atoms with E-state index in [2.05, 4.69) is 24.4 Å². The lowest BCUT2D eigenvalue weighted by atomic mass is 10.1. The minimum atomic E-state index is 0.172. The molecule has 0 heterocycles. The molecule has 2 N–H and O–H groups in total. The normalized spacial score (nSPS) is 10.2. The monoisotopic (exact) mass is 257 g/mol. The highest BCUT2D eigenvalue weighted by atomic mass is 16.5. The zero-order chi connectivity index (χ0) is 13.7. The zero-order valence-electron chi connectivity index (χ0n) is 11.3. The van der Waals surface area contributed by atoms with Crippen molar-refractivity contribution in [1.82, 2.24) is 0 Å². The molecule has 0 bridgehead atoms. The lowest BCUT2D eigenvalue weighted by Crippen LogP contribution is -2.02. The van der Waals surface area contributed by atoms with Crippen molar-refractivity contribution >= 4 is 5.69 Å². The number of aryl methyl sites for hydroxylation is 1. The molecule has 0 radical (unpaired) electrons. The van der Waals surface area contributed by atoms with Crippen LogP contribution in [0.3, 0.4) is 0 Å². The maximum absolute atomic E-state index is 9.74. The van der Waals surface area contributed by atoms with Gasteiger partial charge >= 0.3 is 0 Å².